The maximum absolute atomic E-state index is 10.1. The molecule has 0 spiro atoms. The topological polar surface area (TPSA) is 72.6 Å². The van der Waals surface area contributed by atoms with Crippen molar-refractivity contribution < 1.29 is 14.6 Å². The van der Waals surface area contributed by atoms with E-state index >= 15 is 0 Å². The number of aliphatic hydroxyl groups is 1. The highest BCUT2D eigenvalue weighted by molar-refractivity contribution is 5.74. The maximum Gasteiger partial charge on any atom is 0.243 e. The number of ether oxygens (including phenoxy) is 1. The average molecular weight is 191 g/mol. The Hall–Kier alpha value is -0.610. The quantitative estimate of drug-likeness (QED) is 0.581. The van der Waals surface area contributed by atoms with Crippen molar-refractivity contribution in [2.24, 2.45) is 5.73 Å². The molecule has 0 fully saturated rings. The van der Waals surface area contributed by atoms with Gasteiger partial charge < -0.3 is 15.6 Å². The Morgan fingerprint density at radius 2 is 1.92 bits per heavy atom. The first-order valence-corrected chi connectivity index (χ1v) is 4.74. The standard InChI is InChI=1S/C7H15NO3.C2H6/c8-7(10)6-11-5-3-1-2-4-9;1-2/h9H,1-6H2,(H2,8,10);1-2H3. The van der Waals surface area contributed by atoms with Gasteiger partial charge in [-0.3, -0.25) is 4.79 Å². The van der Waals surface area contributed by atoms with Crippen LogP contribution in [0.4, 0.5) is 0 Å². The van der Waals surface area contributed by atoms with Gasteiger partial charge in [0.05, 0.1) is 0 Å². The molecule has 0 aliphatic rings. The van der Waals surface area contributed by atoms with Crippen molar-refractivity contribution in [3.05, 3.63) is 0 Å². The zero-order chi connectivity index (χ0) is 10.5. The SMILES string of the molecule is CC.NC(=O)COCCCCCO. The molecule has 4 heteroatoms. The summed E-state index contributed by atoms with van der Waals surface area (Å²) in [5.74, 6) is -0.438. The van der Waals surface area contributed by atoms with E-state index in [1.165, 1.54) is 0 Å². The monoisotopic (exact) mass is 191 g/mol. The minimum Gasteiger partial charge on any atom is -0.396 e. The average Bonchev–Trinajstić information content (AvgIpc) is 2.14. The molecule has 0 unspecified atom stereocenters. The third kappa shape index (κ3) is 18.4. The highest BCUT2D eigenvalue weighted by atomic mass is 16.5. The molecule has 13 heavy (non-hydrogen) atoms. The molecule has 0 rings (SSSR count). The molecule has 0 radical (unpaired) electrons. The summed E-state index contributed by atoms with van der Waals surface area (Å²) in [5.41, 5.74) is 4.83. The number of hydrogen-bond acceptors (Lipinski definition) is 3. The second-order valence-electron chi connectivity index (χ2n) is 2.30. The number of unbranched alkanes of at least 4 members (excludes halogenated alkanes) is 2. The third-order valence-electron chi connectivity index (χ3n) is 1.19. The van der Waals surface area contributed by atoms with Crippen LogP contribution in [0.25, 0.3) is 0 Å². The van der Waals surface area contributed by atoms with Crippen molar-refractivity contribution in [1.29, 1.82) is 0 Å². The van der Waals surface area contributed by atoms with E-state index in [1.54, 1.807) is 0 Å². The van der Waals surface area contributed by atoms with Crippen LogP contribution >= 0.6 is 0 Å². The Balaban J connectivity index is 0. The van der Waals surface area contributed by atoms with Crippen molar-refractivity contribution >= 4 is 5.91 Å². The Morgan fingerprint density at radius 1 is 1.31 bits per heavy atom. The Kier molecular flexibility index (Phi) is 16.0. The molecule has 3 N–H and O–H groups in total. The van der Waals surface area contributed by atoms with Crippen molar-refractivity contribution in [3.8, 4) is 0 Å². The van der Waals surface area contributed by atoms with Crippen LogP contribution in [-0.2, 0) is 9.53 Å². The minimum absolute atomic E-state index is 0.000868. The predicted octanol–water partition coefficient (Wildman–Crippen LogP) is 0.677. The van der Waals surface area contributed by atoms with Crippen LogP contribution in [0.2, 0.25) is 0 Å². The molecule has 0 atom stereocenters. The number of aliphatic hydroxyl groups excluding tert-OH is 1. The van der Waals surface area contributed by atoms with Gasteiger partial charge in [-0.2, -0.15) is 0 Å². The van der Waals surface area contributed by atoms with Crippen LogP contribution in [0, 0.1) is 0 Å². The number of carbonyl (C=O) groups is 1. The van der Waals surface area contributed by atoms with Gasteiger partial charge >= 0.3 is 0 Å². The first-order valence-electron chi connectivity index (χ1n) is 4.74. The van der Waals surface area contributed by atoms with Gasteiger partial charge in [0.1, 0.15) is 6.61 Å². The van der Waals surface area contributed by atoms with Crippen molar-refractivity contribution in [2.45, 2.75) is 33.1 Å². The van der Waals surface area contributed by atoms with Gasteiger partial charge in [0.2, 0.25) is 5.91 Å². The van der Waals surface area contributed by atoms with E-state index < -0.39 is 5.91 Å². The van der Waals surface area contributed by atoms with E-state index in [2.05, 4.69) is 0 Å². The lowest BCUT2D eigenvalue weighted by molar-refractivity contribution is -0.122. The number of nitrogens with two attached hydrogens (primary N) is 1. The third-order valence-corrected chi connectivity index (χ3v) is 1.19. The molecule has 0 bridgehead atoms. The fraction of sp³-hybridized carbons (Fsp3) is 0.889. The molecule has 0 heterocycles. The molecule has 0 aromatic heterocycles. The summed E-state index contributed by atoms with van der Waals surface area (Å²) in [5, 5.41) is 8.40. The molecule has 0 aromatic carbocycles. The van der Waals surface area contributed by atoms with Crippen LogP contribution in [-0.4, -0.2) is 30.8 Å². The van der Waals surface area contributed by atoms with Crippen LogP contribution < -0.4 is 5.73 Å². The van der Waals surface area contributed by atoms with E-state index in [-0.39, 0.29) is 13.2 Å². The van der Waals surface area contributed by atoms with Crippen molar-refractivity contribution in [1.82, 2.24) is 0 Å². The summed E-state index contributed by atoms with van der Waals surface area (Å²) in [4.78, 5) is 10.1. The number of primary amides is 1. The Labute approximate surface area is 80.1 Å². The van der Waals surface area contributed by atoms with Crippen LogP contribution in [0.5, 0.6) is 0 Å². The second-order valence-corrected chi connectivity index (χ2v) is 2.30. The zero-order valence-electron chi connectivity index (χ0n) is 8.58. The van der Waals surface area contributed by atoms with E-state index in [9.17, 15) is 4.79 Å². The van der Waals surface area contributed by atoms with E-state index in [1.807, 2.05) is 13.8 Å². The summed E-state index contributed by atoms with van der Waals surface area (Å²) >= 11 is 0. The fourth-order valence-corrected chi connectivity index (χ4v) is 0.665. The van der Waals surface area contributed by atoms with Crippen LogP contribution in [0.15, 0.2) is 0 Å². The van der Waals surface area contributed by atoms with Gasteiger partial charge in [-0.1, -0.05) is 13.8 Å². The smallest absolute Gasteiger partial charge is 0.243 e. The lowest BCUT2D eigenvalue weighted by Gasteiger charge is -1.99. The van der Waals surface area contributed by atoms with E-state index in [0.29, 0.717) is 6.61 Å². The zero-order valence-corrected chi connectivity index (χ0v) is 8.58. The number of rotatable bonds is 7. The molecule has 0 aliphatic heterocycles. The minimum atomic E-state index is -0.438. The maximum atomic E-state index is 10.1. The van der Waals surface area contributed by atoms with Gasteiger partial charge in [-0.15, -0.1) is 0 Å². The molecule has 1 amide bonds. The first-order chi connectivity index (χ1) is 6.27. The van der Waals surface area contributed by atoms with Crippen molar-refractivity contribution in [3.63, 3.8) is 0 Å². The number of amides is 1. The molecule has 80 valence electrons. The highest BCUT2D eigenvalue weighted by Crippen LogP contribution is 1.93. The Morgan fingerprint density at radius 3 is 2.38 bits per heavy atom. The summed E-state index contributed by atoms with van der Waals surface area (Å²) in [6.07, 6.45) is 2.59. The van der Waals surface area contributed by atoms with Gasteiger partial charge in [-0.05, 0) is 19.3 Å². The van der Waals surface area contributed by atoms with Crippen molar-refractivity contribution in [2.75, 3.05) is 19.8 Å². The van der Waals surface area contributed by atoms with E-state index in [4.69, 9.17) is 15.6 Å². The predicted molar refractivity (Wildman–Crippen MR) is 52.3 cm³/mol. The highest BCUT2D eigenvalue weighted by Gasteiger charge is 1.92. The van der Waals surface area contributed by atoms with Gasteiger partial charge in [0, 0.05) is 13.2 Å². The fourth-order valence-electron chi connectivity index (χ4n) is 0.665. The van der Waals surface area contributed by atoms with Crippen LogP contribution in [0.1, 0.15) is 33.1 Å². The molecule has 0 saturated heterocycles. The molecule has 0 aliphatic carbocycles. The molecular weight excluding hydrogens is 170 g/mol. The first kappa shape index (κ1) is 14.9. The Bertz CT molecular complexity index is 107. The van der Waals surface area contributed by atoms with Crippen LogP contribution in [0.3, 0.4) is 0 Å². The lowest BCUT2D eigenvalue weighted by Crippen LogP contribution is -2.18. The summed E-state index contributed by atoms with van der Waals surface area (Å²) in [7, 11) is 0. The number of hydrogen-bond donors (Lipinski definition) is 2. The molecule has 0 aromatic rings. The number of carbonyl (C=O) groups excluding carboxylic acids is 1. The second kappa shape index (κ2) is 13.9. The van der Waals surface area contributed by atoms with Gasteiger partial charge in [-0.25, -0.2) is 0 Å². The van der Waals surface area contributed by atoms with E-state index in [0.717, 1.165) is 19.3 Å². The molecule has 0 saturated carbocycles. The normalized spacial score (nSPS) is 8.85. The molecule has 4 nitrogen and oxygen atoms in total. The van der Waals surface area contributed by atoms with Gasteiger partial charge in [0.15, 0.2) is 0 Å². The lowest BCUT2D eigenvalue weighted by atomic mass is 10.2. The summed E-state index contributed by atoms with van der Waals surface area (Å²) < 4.78 is 4.89. The summed E-state index contributed by atoms with van der Waals surface area (Å²) in [6, 6.07) is 0. The largest absolute Gasteiger partial charge is 0.396 e. The summed E-state index contributed by atoms with van der Waals surface area (Å²) in [6.45, 7) is 4.76. The molecular formula is C9H21NO3. The van der Waals surface area contributed by atoms with Gasteiger partial charge in [0.25, 0.3) is 0 Å².